The summed E-state index contributed by atoms with van der Waals surface area (Å²) in [5.41, 5.74) is 8.16. The van der Waals surface area contributed by atoms with Crippen LogP contribution in [0.5, 0.6) is 5.75 Å². The van der Waals surface area contributed by atoms with Crippen LogP contribution in [0.3, 0.4) is 0 Å². The molecule has 6 nitrogen and oxygen atoms in total. The van der Waals surface area contributed by atoms with E-state index in [0.29, 0.717) is 33.5 Å². The second kappa shape index (κ2) is 8.10. The smallest absolute Gasteiger partial charge is 0.244 e. The number of benzene rings is 2. The van der Waals surface area contributed by atoms with E-state index in [1.54, 1.807) is 36.5 Å². The molecule has 3 rings (SSSR count). The first-order valence-corrected chi connectivity index (χ1v) is 9.05. The van der Waals surface area contributed by atoms with Gasteiger partial charge in [0.2, 0.25) is 5.91 Å². The molecule has 2 aromatic carbocycles. The van der Waals surface area contributed by atoms with E-state index in [0.717, 1.165) is 9.86 Å². The number of carbonyl (C=O) groups is 1. The van der Waals surface area contributed by atoms with Gasteiger partial charge in [-0.05, 0) is 42.5 Å². The van der Waals surface area contributed by atoms with Crippen LogP contribution in [0.25, 0.3) is 22.6 Å². The van der Waals surface area contributed by atoms with Crippen molar-refractivity contribution < 1.29 is 9.53 Å². The molecule has 28 heavy (non-hydrogen) atoms. The average molecular weight is 435 g/mol. The molecule has 2 N–H and O–H groups in total. The Bertz CT molecular complexity index is 1200. The van der Waals surface area contributed by atoms with Gasteiger partial charge in [0.1, 0.15) is 5.75 Å². The summed E-state index contributed by atoms with van der Waals surface area (Å²) in [6.45, 7) is -0.150. The summed E-state index contributed by atoms with van der Waals surface area (Å²) in [6.07, 6.45) is 3.26. The van der Waals surface area contributed by atoms with Crippen LogP contribution in [-0.2, 0) is 0 Å². The number of rotatable bonds is 4. The first-order chi connectivity index (χ1) is 13.5. The Labute approximate surface area is 170 Å². The molecule has 0 aliphatic rings. The fourth-order valence-electron chi connectivity index (χ4n) is 2.96. The molecule has 0 bridgehead atoms. The summed E-state index contributed by atoms with van der Waals surface area (Å²) in [5, 5.41) is 19.7. The zero-order valence-corrected chi connectivity index (χ0v) is 16.5. The summed E-state index contributed by atoms with van der Waals surface area (Å²) in [7, 11) is 1.52. The lowest BCUT2D eigenvalue weighted by Gasteiger charge is -2.06. The minimum Gasteiger partial charge on any atom is -0.496 e. The van der Waals surface area contributed by atoms with Crippen molar-refractivity contribution in [3.05, 3.63) is 63.8 Å². The summed E-state index contributed by atoms with van der Waals surface area (Å²) in [5.74, 6) is 0.259. The van der Waals surface area contributed by atoms with Gasteiger partial charge in [-0.2, -0.15) is 10.5 Å². The van der Waals surface area contributed by atoms with E-state index in [9.17, 15) is 10.1 Å². The molecule has 7 heteroatoms. The Morgan fingerprint density at radius 2 is 2.07 bits per heavy atom. The van der Waals surface area contributed by atoms with Gasteiger partial charge in [-0.1, -0.05) is 15.9 Å². The average Bonchev–Trinajstić information content (AvgIpc) is 3.09. The monoisotopic (exact) mass is 434 g/mol. The molecular weight excluding hydrogens is 420 g/mol. The van der Waals surface area contributed by atoms with Gasteiger partial charge in [-0.15, -0.1) is 0 Å². The number of carbonyl (C=O) groups excluding carboxylic acids is 1. The lowest BCUT2D eigenvalue weighted by atomic mass is 10.0. The molecule has 0 radical (unpaired) electrons. The van der Waals surface area contributed by atoms with Crippen molar-refractivity contribution >= 4 is 44.4 Å². The standard InChI is InChI=1S/C21H15BrN4O2/c1-28-20-5-2-13(9-23)6-14(20)7-15(10-24)18-12-26(21(27)11-25)19-4-3-16(22)8-17(18)19/h2-8,12H,11,25H2,1H3/b15-7+. The number of hydrogen-bond donors (Lipinski definition) is 1. The highest BCUT2D eigenvalue weighted by atomic mass is 79.9. The number of aromatic nitrogens is 1. The molecule has 0 amide bonds. The van der Waals surface area contributed by atoms with E-state index < -0.39 is 0 Å². The molecule has 0 fully saturated rings. The molecule has 0 atom stereocenters. The summed E-state index contributed by atoms with van der Waals surface area (Å²) >= 11 is 3.43. The molecule has 0 saturated carbocycles. The van der Waals surface area contributed by atoms with Crippen LogP contribution >= 0.6 is 15.9 Å². The van der Waals surface area contributed by atoms with Crippen molar-refractivity contribution in [2.45, 2.75) is 0 Å². The van der Waals surface area contributed by atoms with Crippen molar-refractivity contribution in [3.8, 4) is 17.9 Å². The van der Waals surface area contributed by atoms with Crippen LogP contribution in [0, 0.1) is 22.7 Å². The second-order valence-electron chi connectivity index (χ2n) is 5.91. The number of hydrogen-bond acceptors (Lipinski definition) is 5. The Morgan fingerprint density at radius 3 is 2.71 bits per heavy atom. The molecule has 0 aliphatic carbocycles. The minimum atomic E-state index is -0.278. The molecule has 0 saturated heterocycles. The third-order valence-electron chi connectivity index (χ3n) is 4.28. The van der Waals surface area contributed by atoms with E-state index in [4.69, 9.17) is 15.7 Å². The van der Waals surface area contributed by atoms with E-state index >= 15 is 0 Å². The van der Waals surface area contributed by atoms with E-state index in [1.165, 1.54) is 11.7 Å². The van der Waals surface area contributed by atoms with Crippen LogP contribution in [0.15, 0.2) is 47.1 Å². The van der Waals surface area contributed by atoms with Crippen molar-refractivity contribution in [3.63, 3.8) is 0 Å². The number of nitrogens with zero attached hydrogens (tertiary/aromatic N) is 3. The van der Waals surface area contributed by atoms with Gasteiger partial charge in [0.25, 0.3) is 0 Å². The Kier molecular flexibility index (Phi) is 5.60. The Morgan fingerprint density at radius 1 is 1.29 bits per heavy atom. The number of halogens is 1. The number of ether oxygens (including phenoxy) is 1. The van der Waals surface area contributed by atoms with Crippen LogP contribution in [-0.4, -0.2) is 24.1 Å². The fraction of sp³-hybridized carbons (Fsp3) is 0.0952. The largest absolute Gasteiger partial charge is 0.496 e. The van der Waals surface area contributed by atoms with Gasteiger partial charge in [0.05, 0.1) is 42.4 Å². The normalized spacial score (nSPS) is 11.1. The van der Waals surface area contributed by atoms with Crippen molar-refractivity contribution in [1.29, 1.82) is 10.5 Å². The SMILES string of the molecule is COc1ccc(C#N)cc1/C=C(\C#N)c1cn(C(=O)CN)c2ccc(Br)cc12. The third-order valence-corrected chi connectivity index (χ3v) is 4.77. The second-order valence-corrected chi connectivity index (χ2v) is 6.83. The third kappa shape index (κ3) is 3.54. The van der Waals surface area contributed by atoms with E-state index in [1.807, 2.05) is 12.1 Å². The fourth-order valence-corrected chi connectivity index (χ4v) is 3.33. The zero-order valence-electron chi connectivity index (χ0n) is 14.9. The number of fused-ring (bicyclic) bond motifs is 1. The highest BCUT2D eigenvalue weighted by molar-refractivity contribution is 9.10. The first kappa shape index (κ1) is 19.4. The number of nitriles is 2. The van der Waals surface area contributed by atoms with Gasteiger partial charge >= 0.3 is 0 Å². The molecule has 138 valence electrons. The number of nitrogens with two attached hydrogens (primary N) is 1. The maximum absolute atomic E-state index is 12.2. The molecule has 3 aromatic rings. The van der Waals surface area contributed by atoms with Crippen LogP contribution in [0.2, 0.25) is 0 Å². The molecule has 0 unspecified atom stereocenters. The van der Waals surface area contributed by atoms with Crippen molar-refractivity contribution in [1.82, 2.24) is 4.57 Å². The van der Waals surface area contributed by atoms with Gasteiger partial charge in [-0.25, -0.2) is 0 Å². The van der Waals surface area contributed by atoms with Gasteiger partial charge < -0.3 is 10.5 Å². The molecule has 0 spiro atoms. The summed E-state index contributed by atoms with van der Waals surface area (Å²) in [4.78, 5) is 12.2. The Balaban J connectivity index is 2.27. The van der Waals surface area contributed by atoms with Crippen molar-refractivity contribution in [2.24, 2.45) is 5.73 Å². The predicted molar refractivity (Wildman–Crippen MR) is 111 cm³/mol. The molecular formula is C21H15BrN4O2. The lowest BCUT2D eigenvalue weighted by molar-refractivity contribution is 0.0928. The Hall–Kier alpha value is -3.39. The van der Waals surface area contributed by atoms with E-state index in [2.05, 4.69) is 28.1 Å². The van der Waals surface area contributed by atoms with Crippen LogP contribution in [0.1, 0.15) is 21.5 Å². The summed E-state index contributed by atoms with van der Waals surface area (Å²) < 4.78 is 7.62. The highest BCUT2D eigenvalue weighted by Crippen LogP contribution is 2.32. The molecule has 1 heterocycles. The summed E-state index contributed by atoms with van der Waals surface area (Å²) in [6, 6.07) is 14.7. The maximum Gasteiger partial charge on any atom is 0.244 e. The quantitative estimate of drug-likeness (QED) is 0.625. The molecule has 0 aliphatic heterocycles. The van der Waals surface area contributed by atoms with Crippen LogP contribution < -0.4 is 10.5 Å². The van der Waals surface area contributed by atoms with Gasteiger partial charge in [-0.3, -0.25) is 9.36 Å². The van der Waals surface area contributed by atoms with E-state index in [-0.39, 0.29) is 12.5 Å². The topological polar surface area (TPSA) is 105 Å². The minimum absolute atomic E-state index is 0.150. The highest BCUT2D eigenvalue weighted by Gasteiger charge is 2.16. The maximum atomic E-state index is 12.2. The van der Waals surface area contributed by atoms with Gasteiger partial charge in [0.15, 0.2) is 0 Å². The first-order valence-electron chi connectivity index (χ1n) is 8.26. The number of methoxy groups -OCH3 is 1. The van der Waals surface area contributed by atoms with Crippen molar-refractivity contribution in [2.75, 3.05) is 13.7 Å². The number of allylic oxidation sites excluding steroid dienone is 1. The van der Waals surface area contributed by atoms with Gasteiger partial charge in [0, 0.05) is 27.2 Å². The molecule has 1 aromatic heterocycles. The predicted octanol–water partition coefficient (Wildman–Crippen LogP) is 3.95. The zero-order chi connectivity index (χ0) is 20.3. The lowest BCUT2D eigenvalue weighted by Crippen LogP contribution is -2.20. The van der Waals surface area contributed by atoms with Crippen LogP contribution in [0.4, 0.5) is 0 Å².